The van der Waals surface area contributed by atoms with Crippen molar-refractivity contribution in [3.63, 3.8) is 0 Å². The molecular weight excluding hydrogens is 518 g/mol. The van der Waals surface area contributed by atoms with Crippen molar-refractivity contribution >= 4 is 35.1 Å². The molecule has 1 aliphatic heterocycles. The van der Waals surface area contributed by atoms with Crippen LogP contribution in [0.4, 0.5) is 0 Å². The minimum atomic E-state index is -1.31. The van der Waals surface area contributed by atoms with E-state index in [-0.39, 0.29) is 30.8 Å². The smallest absolute Gasteiger partial charge is 0.332 e. The Labute approximate surface area is 224 Å². The van der Waals surface area contributed by atoms with Crippen LogP contribution in [0.25, 0.3) is 5.70 Å². The summed E-state index contributed by atoms with van der Waals surface area (Å²) in [6.45, 7) is 1.42. The summed E-state index contributed by atoms with van der Waals surface area (Å²) in [6, 6.07) is 7.04. The number of nitrogens with zero attached hydrogens (tertiary/aromatic N) is 2. The fraction of sp³-hybridized carbons (Fsp3) is 0.360. The van der Waals surface area contributed by atoms with Crippen molar-refractivity contribution in [2.45, 2.75) is 31.9 Å². The van der Waals surface area contributed by atoms with Crippen molar-refractivity contribution < 1.29 is 33.7 Å². The number of carbonyl (C=O) groups is 3. The van der Waals surface area contributed by atoms with Gasteiger partial charge in [-0.25, -0.2) is 15.6 Å². The van der Waals surface area contributed by atoms with Crippen LogP contribution in [0.15, 0.2) is 42.7 Å². The number of methoxy groups -OCH3 is 1. The van der Waals surface area contributed by atoms with Gasteiger partial charge in [0.15, 0.2) is 23.2 Å². The average molecular weight is 548 g/mol. The maximum atomic E-state index is 12.8. The molecule has 1 fully saturated rings. The van der Waals surface area contributed by atoms with Crippen molar-refractivity contribution in [2.24, 2.45) is 17.5 Å². The van der Waals surface area contributed by atoms with Crippen LogP contribution in [-0.4, -0.2) is 65.4 Å². The van der Waals surface area contributed by atoms with Gasteiger partial charge in [-0.05, 0) is 31.9 Å². The van der Waals surface area contributed by atoms with Gasteiger partial charge in [-0.3, -0.25) is 9.59 Å². The van der Waals surface area contributed by atoms with E-state index in [1.165, 1.54) is 30.6 Å². The number of cyclic esters (lactones) is 2. The Bertz CT molecular complexity index is 1210. The lowest BCUT2D eigenvalue weighted by molar-refractivity contribution is -0.152. The fourth-order valence-electron chi connectivity index (χ4n) is 3.80. The van der Waals surface area contributed by atoms with Crippen molar-refractivity contribution in [2.75, 3.05) is 20.3 Å². The Morgan fingerprint density at radius 2 is 2.11 bits per heavy atom. The number of ether oxygens (including phenoxy) is 3. The largest absolute Gasteiger partial charge is 0.503 e. The van der Waals surface area contributed by atoms with E-state index in [2.05, 4.69) is 10.3 Å². The lowest BCUT2D eigenvalue weighted by Crippen LogP contribution is -2.46. The molecule has 1 saturated heterocycles. The summed E-state index contributed by atoms with van der Waals surface area (Å²) in [5.74, 6) is 2.72. The summed E-state index contributed by atoms with van der Waals surface area (Å²) < 4.78 is 15.7. The first kappa shape index (κ1) is 28.5. The second kappa shape index (κ2) is 13.0. The van der Waals surface area contributed by atoms with Crippen LogP contribution in [0.5, 0.6) is 11.5 Å². The Kier molecular flexibility index (Phi) is 9.74. The normalized spacial score (nSPS) is 20.3. The summed E-state index contributed by atoms with van der Waals surface area (Å²) >= 11 is 6.00. The van der Waals surface area contributed by atoms with Crippen molar-refractivity contribution in [1.82, 2.24) is 15.3 Å². The SMILES string of the molecule is COc1ccnc(C(=O)N[C@H]2COC(=O)C(CCN(N)/C=C(\N)c3cccc(Cl)c3)CC(C)OC2=O)c1O. The molecule has 12 nitrogen and oxygen atoms in total. The minimum absolute atomic E-state index is 0.0307. The highest BCUT2D eigenvalue weighted by atomic mass is 35.5. The van der Waals surface area contributed by atoms with E-state index >= 15 is 0 Å². The number of benzene rings is 1. The zero-order chi connectivity index (χ0) is 27.8. The number of amides is 1. The predicted octanol–water partition coefficient (Wildman–Crippen LogP) is 1.57. The van der Waals surface area contributed by atoms with E-state index in [0.717, 1.165) is 0 Å². The van der Waals surface area contributed by atoms with Gasteiger partial charge in [-0.15, -0.1) is 0 Å². The van der Waals surface area contributed by atoms with Crippen LogP contribution >= 0.6 is 11.6 Å². The van der Waals surface area contributed by atoms with Gasteiger partial charge in [-0.1, -0.05) is 23.7 Å². The van der Waals surface area contributed by atoms with Gasteiger partial charge in [-0.2, -0.15) is 0 Å². The minimum Gasteiger partial charge on any atom is -0.503 e. The van der Waals surface area contributed by atoms with Crippen LogP contribution in [0.2, 0.25) is 5.02 Å². The Balaban J connectivity index is 1.63. The van der Waals surface area contributed by atoms with Gasteiger partial charge in [0.1, 0.15) is 6.61 Å². The molecule has 2 unspecified atom stereocenters. The molecule has 38 heavy (non-hydrogen) atoms. The van der Waals surface area contributed by atoms with Crippen LogP contribution < -0.4 is 21.6 Å². The van der Waals surface area contributed by atoms with Crippen molar-refractivity contribution in [3.05, 3.63) is 59.0 Å². The van der Waals surface area contributed by atoms with E-state index in [4.69, 9.17) is 37.4 Å². The summed E-state index contributed by atoms with van der Waals surface area (Å²) in [6.07, 6.45) is 2.61. The molecule has 0 radical (unpaired) electrons. The molecule has 0 saturated carbocycles. The van der Waals surface area contributed by atoms with Crippen LogP contribution in [-0.2, 0) is 19.1 Å². The summed E-state index contributed by atoms with van der Waals surface area (Å²) in [5.41, 5.74) is 6.83. The van der Waals surface area contributed by atoms with Gasteiger partial charge >= 0.3 is 11.9 Å². The standard InChI is InChI=1S/C25H30ClN5O7/c1-14-10-16(7-9-31(28)12-18(27)15-4-3-5-17(26)11-15)24(34)37-13-19(25(35)38-14)30-23(33)21-22(32)20(36-2)6-8-29-21/h3-6,8,11-12,14,16,19,32H,7,9-10,13,27-28H2,1-2H3,(H,30,33)/b18-12-/t14?,16?,19-/m0/s1. The number of halogens is 1. The summed E-state index contributed by atoms with van der Waals surface area (Å²) in [5, 5.41) is 14.4. The average Bonchev–Trinajstić information content (AvgIpc) is 2.92. The predicted molar refractivity (Wildman–Crippen MR) is 137 cm³/mol. The maximum absolute atomic E-state index is 12.8. The molecule has 3 rings (SSSR count). The summed E-state index contributed by atoms with van der Waals surface area (Å²) in [7, 11) is 1.32. The number of rotatable bonds is 8. The second-order valence-corrected chi connectivity index (χ2v) is 9.10. The molecule has 204 valence electrons. The number of hydrogen-bond donors (Lipinski definition) is 4. The highest BCUT2D eigenvalue weighted by molar-refractivity contribution is 6.30. The molecule has 13 heteroatoms. The fourth-order valence-corrected chi connectivity index (χ4v) is 3.99. The first-order chi connectivity index (χ1) is 18.1. The highest BCUT2D eigenvalue weighted by Crippen LogP contribution is 2.27. The molecule has 0 spiro atoms. The Morgan fingerprint density at radius 3 is 2.82 bits per heavy atom. The van der Waals surface area contributed by atoms with E-state index < -0.39 is 48.3 Å². The molecule has 2 aromatic rings. The maximum Gasteiger partial charge on any atom is 0.332 e. The molecule has 0 aliphatic carbocycles. The number of aromatic hydroxyl groups is 1. The quantitative estimate of drug-likeness (QED) is 0.214. The van der Waals surface area contributed by atoms with Crippen LogP contribution in [0, 0.1) is 5.92 Å². The van der Waals surface area contributed by atoms with E-state index in [0.29, 0.717) is 16.3 Å². The highest BCUT2D eigenvalue weighted by Gasteiger charge is 2.33. The van der Waals surface area contributed by atoms with E-state index in [1.54, 1.807) is 31.2 Å². The Hall–Kier alpha value is -4.03. The first-order valence-electron chi connectivity index (χ1n) is 11.7. The number of hydrazine groups is 1. The molecule has 2 heterocycles. The molecule has 0 bridgehead atoms. The lowest BCUT2D eigenvalue weighted by Gasteiger charge is -2.21. The first-order valence-corrected chi connectivity index (χ1v) is 12.1. The molecule has 3 atom stereocenters. The van der Waals surface area contributed by atoms with Gasteiger partial charge in [0, 0.05) is 35.6 Å². The zero-order valence-electron chi connectivity index (χ0n) is 20.9. The molecule has 1 aromatic heterocycles. The van der Waals surface area contributed by atoms with Crippen LogP contribution in [0.3, 0.4) is 0 Å². The van der Waals surface area contributed by atoms with Gasteiger partial charge in [0.25, 0.3) is 5.91 Å². The van der Waals surface area contributed by atoms with Crippen LogP contribution in [0.1, 0.15) is 35.8 Å². The third kappa shape index (κ3) is 7.49. The number of nitrogens with two attached hydrogens (primary N) is 2. The Morgan fingerprint density at radius 1 is 1.34 bits per heavy atom. The topological polar surface area (TPSA) is 179 Å². The molecular formula is C25H30ClN5O7. The van der Waals surface area contributed by atoms with E-state index in [9.17, 15) is 19.5 Å². The number of pyridine rings is 1. The molecule has 1 aromatic carbocycles. The van der Waals surface area contributed by atoms with Gasteiger partial charge in [0.2, 0.25) is 0 Å². The number of nitrogens with one attached hydrogen (secondary N) is 1. The number of hydrogen-bond acceptors (Lipinski definition) is 11. The molecule has 1 amide bonds. The third-order valence-electron chi connectivity index (χ3n) is 5.77. The third-order valence-corrected chi connectivity index (χ3v) is 6.01. The van der Waals surface area contributed by atoms with Gasteiger partial charge < -0.3 is 35.4 Å². The zero-order valence-corrected chi connectivity index (χ0v) is 21.7. The van der Waals surface area contributed by atoms with Gasteiger partial charge in [0.05, 0.1) is 24.8 Å². The number of esters is 2. The van der Waals surface area contributed by atoms with E-state index in [1.807, 2.05) is 0 Å². The summed E-state index contributed by atoms with van der Waals surface area (Å²) in [4.78, 5) is 42.0. The second-order valence-electron chi connectivity index (χ2n) is 8.67. The van der Waals surface area contributed by atoms with Crippen molar-refractivity contribution in [3.8, 4) is 11.5 Å². The monoisotopic (exact) mass is 547 g/mol. The van der Waals surface area contributed by atoms with Crippen molar-refractivity contribution in [1.29, 1.82) is 0 Å². The molecule has 1 aliphatic rings. The number of aromatic nitrogens is 1. The lowest BCUT2D eigenvalue weighted by atomic mass is 9.98. The number of carbonyl (C=O) groups excluding carboxylic acids is 3. The molecule has 6 N–H and O–H groups in total.